The van der Waals surface area contributed by atoms with Crippen LogP contribution in [0.15, 0.2) is 42.5 Å². The lowest BCUT2D eigenvalue weighted by molar-refractivity contribution is 0.142. The molecule has 0 spiro atoms. The van der Waals surface area contributed by atoms with Crippen LogP contribution in [0.3, 0.4) is 0 Å². The molecule has 0 aliphatic carbocycles. The summed E-state index contributed by atoms with van der Waals surface area (Å²) in [5.41, 5.74) is 5.60. The van der Waals surface area contributed by atoms with Crippen LogP contribution >= 0.6 is 11.9 Å². The Hall–Kier alpha value is -2.14. The van der Waals surface area contributed by atoms with Crippen LogP contribution in [-0.2, 0) is 17.1 Å². The fourth-order valence-corrected chi connectivity index (χ4v) is 3.39. The van der Waals surface area contributed by atoms with Crippen LogP contribution in [0.2, 0.25) is 0 Å². The lowest BCUT2D eigenvalue weighted by atomic mass is 10.1. The smallest absolute Gasteiger partial charge is 0.414 e. The summed E-state index contributed by atoms with van der Waals surface area (Å²) in [7, 11) is 0. The molecule has 24 heavy (non-hydrogen) atoms. The highest BCUT2D eigenvalue weighted by atomic mass is 32.2. The van der Waals surface area contributed by atoms with Gasteiger partial charge >= 0.3 is 6.09 Å². The van der Waals surface area contributed by atoms with E-state index >= 15 is 0 Å². The van der Waals surface area contributed by atoms with E-state index < -0.39 is 0 Å². The Balaban J connectivity index is 1.63. The van der Waals surface area contributed by atoms with Crippen molar-refractivity contribution in [1.82, 2.24) is 0 Å². The van der Waals surface area contributed by atoms with E-state index in [4.69, 9.17) is 4.74 Å². The highest BCUT2D eigenvalue weighted by molar-refractivity contribution is 7.99. The monoisotopic (exact) mass is 342 g/mol. The van der Waals surface area contributed by atoms with Gasteiger partial charge in [0.1, 0.15) is 6.61 Å². The number of cyclic esters (lactones) is 1. The van der Waals surface area contributed by atoms with Crippen molar-refractivity contribution < 1.29 is 9.53 Å². The quantitative estimate of drug-likeness (QED) is 0.740. The summed E-state index contributed by atoms with van der Waals surface area (Å²) in [6.45, 7) is 5.17. The van der Waals surface area contributed by atoms with Crippen LogP contribution in [0.1, 0.15) is 30.0 Å². The lowest BCUT2D eigenvalue weighted by Crippen LogP contribution is -2.36. The number of fused-ring (bicyclic) bond motifs is 1. The molecule has 0 radical (unpaired) electrons. The maximum absolute atomic E-state index is 11.9. The SMILES string of the molecule is CCCN1C(=O)OCc2cc(NSCc3ccc(C)cc3)ccc21. The third-order valence-electron chi connectivity index (χ3n) is 3.94. The molecule has 2 aromatic carbocycles. The van der Waals surface area contributed by atoms with E-state index in [0.717, 1.165) is 29.1 Å². The molecule has 0 saturated carbocycles. The fraction of sp³-hybridized carbons (Fsp3) is 0.316. The highest BCUT2D eigenvalue weighted by Crippen LogP contribution is 2.30. The lowest BCUT2D eigenvalue weighted by Gasteiger charge is -2.29. The highest BCUT2D eigenvalue weighted by Gasteiger charge is 2.24. The summed E-state index contributed by atoms with van der Waals surface area (Å²) < 4.78 is 8.64. The van der Waals surface area contributed by atoms with Crippen molar-refractivity contribution in [3.63, 3.8) is 0 Å². The molecule has 0 bridgehead atoms. The number of benzene rings is 2. The summed E-state index contributed by atoms with van der Waals surface area (Å²) >= 11 is 1.66. The molecule has 126 valence electrons. The first-order valence-electron chi connectivity index (χ1n) is 8.18. The summed E-state index contributed by atoms with van der Waals surface area (Å²) in [5.74, 6) is 0.897. The van der Waals surface area contributed by atoms with Gasteiger partial charge in [0.25, 0.3) is 0 Å². The van der Waals surface area contributed by atoms with Gasteiger partial charge in [-0.15, -0.1) is 0 Å². The minimum absolute atomic E-state index is 0.251. The molecular formula is C19H22N2O2S. The van der Waals surface area contributed by atoms with Gasteiger partial charge in [-0.1, -0.05) is 36.8 Å². The number of rotatable bonds is 6. The molecule has 2 aromatic rings. The first-order valence-corrected chi connectivity index (χ1v) is 9.16. The number of hydrogen-bond donors (Lipinski definition) is 1. The summed E-state index contributed by atoms with van der Waals surface area (Å²) in [6, 6.07) is 14.6. The van der Waals surface area contributed by atoms with Crippen molar-refractivity contribution in [2.24, 2.45) is 0 Å². The average molecular weight is 342 g/mol. The van der Waals surface area contributed by atoms with E-state index in [9.17, 15) is 4.79 Å². The van der Waals surface area contributed by atoms with Crippen molar-refractivity contribution in [3.05, 3.63) is 59.2 Å². The van der Waals surface area contributed by atoms with Gasteiger partial charge in [-0.25, -0.2) is 4.79 Å². The van der Waals surface area contributed by atoms with Crippen LogP contribution in [-0.4, -0.2) is 12.6 Å². The second kappa shape index (κ2) is 7.62. The number of nitrogens with one attached hydrogen (secondary N) is 1. The number of ether oxygens (including phenoxy) is 1. The second-order valence-electron chi connectivity index (χ2n) is 5.93. The maximum atomic E-state index is 11.9. The normalized spacial score (nSPS) is 13.4. The summed E-state index contributed by atoms with van der Waals surface area (Å²) in [4.78, 5) is 13.6. The standard InChI is InChI=1S/C19H22N2O2S/c1-3-10-21-18-9-8-17(11-16(18)12-23-19(21)22)20-24-13-15-6-4-14(2)5-7-15/h4-9,11,20H,3,10,12-13H2,1-2H3. The van der Waals surface area contributed by atoms with Gasteiger partial charge in [0, 0.05) is 23.5 Å². The minimum Gasteiger partial charge on any atom is -0.444 e. The van der Waals surface area contributed by atoms with Crippen molar-refractivity contribution in [2.75, 3.05) is 16.2 Å². The van der Waals surface area contributed by atoms with Crippen molar-refractivity contribution in [1.29, 1.82) is 0 Å². The molecule has 0 atom stereocenters. The van der Waals surface area contributed by atoms with Gasteiger partial charge in [0.05, 0.1) is 5.69 Å². The van der Waals surface area contributed by atoms with Crippen molar-refractivity contribution in [2.45, 2.75) is 32.6 Å². The summed E-state index contributed by atoms with van der Waals surface area (Å²) in [6.07, 6.45) is 0.653. The predicted molar refractivity (Wildman–Crippen MR) is 100 cm³/mol. The Kier molecular flexibility index (Phi) is 5.30. The van der Waals surface area contributed by atoms with Crippen LogP contribution in [0, 0.1) is 6.92 Å². The molecule has 0 fully saturated rings. The molecule has 1 amide bonds. The summed E-state index contributed by atoms with van der Waals surface area (Å²) in [5, 5.41) is 0. The number of amides is 1. The van der Waals surface area contributed by atoms with Crippen LogP contribution < -0.4 is 9.62 Å². The van der Waals surface area contributed by atoms with E-state index in [1.54, 1.807) is 16.8 Å². The zero-order valence-electron chi connectivity index (χ0n) is 14.0. The molecule has 1 aliphatic rings. The molecule has 0 aromatic heterocycles. The van der Waals surface area contributed by atoms with Crippen LogP contribution in [0.25, 0.3) is 0 Å². The van der Waals surface area contributed by atoms with E-state index in [-0.39, 0.29) is 6.09 Å². The van der Waals surface area contributed by atoms with Gasteiger partial charge in [-0.3, -0.25) is 4.90 Å². The third-order valence-corrected chi connectivity index (χ3v) is 4.80. The first-order chi connectivity index (χ1) is 11.7. The van der Waals surface area contributed by atoms with E-state index in [1.807, 2.05) is 12.1 Å². The number of hydrogen-bond acceptors (Lipinski definition) is 4. The molecule has 0 unspecified atom stereocenters. The van der Waals surface area contributed by atoms with Crippen molar-refractivity contribution >= 4 is 29.4 Å². The van der Waals surface area contributed by atoms with Crippen LogP contribution in [0.5, 0.6) is 0 Å². The molecule has 4 nitrogen and oxygen atoms in total. The van der Waals surface area contributed by atoms with E-state index in [1.165, 1.54) is 11.1 Å². The fourth-order valence-electron chi connectivity index (χ4n) is 2.67. The predicted octanol–water partition coefficient (Wildman–Crippen LogP) is 5.12. The maximum Gasteiger partial charge on any atom is 0.414 e. The number of carbonyl (C=O) groups is 1. The molecule has 5 heteroatoms. The topological polar surface area (TPSA) is 41.6 Å². The minimum atomic E-state index is -0.251. The molecular weight excluding hydrogens is 320 g/mol. The number of carbonyl (C=O) groups excluding carboxylic acids is 1. The molecule has 1 heterocycles. The van der Waals surface area contributed by atoms with Crippen LogP contribution in [0.4, 0.5) is 16.2 Å². The van der Waals surface area contributed by atoms with Gasteiger partial charge in [-0.2, -0.15) is 0 Å². The number of aryl methyl sites for hydroxylation is 1. The largest absolute Gasteiger partial charge is 0.444 e. The Labute approximate surface area is 147 Å². The molecule has 3 rings (SSSR count). The van der Waals surface area contributed by atoms with Gasteiger partial charge in [-0.05, 0) is 49.1 Å². The van der Waals surface area contributed by atoms with E-state index in [2.05, 4.69) is 48.9 Å². The third kappa shape index (κ3) is 3.85. The number of nitrogens with zero attached hydrogens (tertiary/aromatic N) is 1. The van der Waals surface area contributed by atoms with Gasteiger partial charge in [0.2, 0.25) is 0 Å². The Bertz CT molecular complexity index is 716. The first kappa shape index (κ1) is 16.7. The molecule has 0 saturated heterocycles. The average Bonchev–Trinajstić information content (AvgIpc) is 2.59. The Morgan fingerprint density at radius 3 is 2.75 bits per heavy atom. The zero-order valence-corrected chi connectivity index (χ0v) is 14.9. The van der Waals surface area contributed by atoms with Gasteiger partial charge < -0.3 is 9.46 Å². The Morgan fingerprint density at radius 1 is 1.21 bits per heavy atom. The van der Waals surface area contributed by atoms with E-state index in [0.29, 0.717) is 13.2 Å². The second-order valence-corrected chi connectivity index (χ2v) is 6.71. The Morgan fingerprint density at radius 2 is 2.00 bits per heavy atom. The van der Waals surface area contributed by atoms with Crippen molar-refractivity contribution in [3.8, 4) is 0 Å². The van der Waals surface area contributed by atoms with Gasteiger partial charge in [0.15, 0.2) is 0 Å². The zero-order chi connectivity index (χ0) is 16.9. The molecule has 1 N–H and O–H groups in total. The molecule has 1 aliphatic heterocycles. The number of anilines is 2.